The van der Waals surface area contributed by atoms with Crippen molar-refractivity contribution < 1.29 is 4.74 Å². The Morgan fingerprint density at radius 3 is 1.21 bits per heavy atom. The van der Waals surface area contributed by atoms with Gasteiger partial charge in [-0.25, -0.2) is 0 Å². The predicted molar refractivity (Wildman–Crippen MR) is 83.0 cm³/mol. The van der Waals surface area contributed by atoms with Gasteiger partial charge in [-0.05, 0) is 24.3 Å². The van der Waals surface area contributed by atoms with Crippen LogP contribution in [0.1, 0.15) is 0 Å². The van der Waals surface area contributed by atoms with Gasteiger partial charge in [0, 0.05) is 0 Å². The van der Waals surface area contributed by atoms with Crippen LogP contribution in [0.15, 0.2) is 24.3 Å². The Hall–Kier alpha value is -0.0200. The summed E-state index contributed by atoms with van der Waals surface area (Å²) in [7, 11) is 0. The fraction of sp³-hybridized carbons (Fsp3) is 0. The molecule has 0 atom stereocenters. The summed E-state index contributed by atoms with van der Waals surface area (Å²) >= 11 is 35.9. The molecular weight excluding hydrogens is 373 g/mol. The molecule has 0 amide bonds. The van der Waals surface area contributed by atoms with E-state index < -0.39 is 0 Å². The van der Waals surface area contributed by atoms with Gasteiger partial charge in [0.15, 0.2) is 11.5 Å². The fourth-order valence-corrected chi connectivity index (χ4v) is 2.50. The molecule has 0 heterocycles. The lowest BCUT2D eigenvalue weighted by Crippen LogP contribution is -1.90. The van der Waals surface area contributed by atoms with E-state index in [1.807, 2.05) is 0 Å². The molecule has 0 saturated carbocycles. The second kappa shape index (κ2) is 6.17. The molecule has 0 aliphatic rings. The highest BCUT2D eigenvalue weighted by molar-refractivity contribution is 6.46. The van der Waals surface area contributed by atoms with E-state index in [1.54, 1.807) is 24.3 Å². The first-order valence-electron chi connectivity index (χ1n) is 4.86. The van der Waals surface area contributed by atoms with Crippen LogP contribution in [0.3, 0.4) is 0 Å². The van der Waals surface area contributed by atoms with Gasteiger partial charge in [0.2, 0.25) is 0 Å². The first kappa shape index (κ1) is 15.4. The Bertz CT molecular complexity index is 585. The van der Waals surface area contributed by atoms with E-state index in [2.05, 4.69) is 0 Å². The number of halogens is 6. The van der Waals surface area contributed by atoms with Crippen LogP contribution in [0.4, 0.5) is 0 Å². The maximum Gasteiger partial charge on any atom is 0.166 e. The predicted octanol–water partition coefficient (Wildman–Crippen LogP) is 7.40. The Balaban J connectivity index is 2.54. The van der Waals surface area contributed by atoms with Crippen molar-refractivity contribution in [3.63, 3.8) is 0 Å². The summed E-state index contributed by atoms with van der Waals surface area (Å²) in [5.74, 6) is 0.337. The van der Waals surface area contributed by atoms with Crippen LogP contribution >= 0.6 is 69.6 Å². The molecule has 0 aliphatic heterocycles. The number of hydrogen-bond donors (Lipinski definition) is 0. The van der Waals surface area contributed by atoms with Gasteiger partial charge in [0.05, 0.1) is 20.1 Å². The van der Waals surface area contributed by atoms with Gasteiger partial charge in [-0.15, -0.1) is 0 Å². The molecule has 19 heavy (non-hydrogen) atoms. The van der Waals surface area contributed by atoms with Gasteiger partial charge >= 0.3 is 0 Å². The number of ether oxygens (including phenoxy) is 1. The second-order valence-electron chi connectivity index (χ2n) is 3.45. The van der Waals surface area contributed by atoms with Crippen molar-refractivity contribution >= 4 is 69.6 Å². The largest absolute Gasteiger partial charge is 0.451 e. The SMILES string of the molecule is Clc1ccc(Cl)c(Oc2c(Cl)ccc(Cl)c2Cl)c1Cl. The van der Waals surface area contributed by atoms with Crippen molar-refractivity contribution in [2.45, 2.75) is 0 Å². The standard InChI is InChI=1S/C12H4Cl6O/c13-5-1-3-7(15)11(9(5)17)19-12-8(16)4-2-6(14)10(12)18/h1-4H. The van der Waals surface area contributed by atoms with Gasteiger partial charge in [-0.2, -0.15) is 0 Å². The van der Waals surface area contributed by atoms with Crippen molar-refractivity contribution in [1.82, 2.24) is 0 Å². The van der Waals surface area contributed by atoms with Crippen molar-refractivity contribution in [2.75, 3.05) is 0 Å². The zero-order valence-corrected chi connectivity index (χ0v) is 13.5. The summed E-state index contributed by atoms with van der Waals surface area (Å²) < 4.78 is 5.57. The highest BCUT2D eigenvalue weighted by Gasteiger charge is 2.17. The van der Waals surface area contributed by atoms with Crippen molar-refractivity contribution in [3.05, 3.63) is 54.4 Å². The molecule has 1 nitrogen and oxygen atoms in total. The van der Waals surface area contributed by atoms with Crippen LogP contribution in [0, 0.1) is 0 Å². The normalized spacial score (nSPS) is 10.6. The third-order valence-electron chi connectivity index (χ3n) is 2.21. The van der Waals surface area contributed by atoms with Gasteiger partial charge in [0.25, 0.3) is 0 Å². The topological polar surface area (TPSA) is 9.23 Å². The van der Waals surface area contributed by atoms with Gasteiger partial charge in [0.1, 0.15) is 10.0 Å². The van der Waals surface area contributed by atoms with Crippen molar-refractivity contribution in [1.29, 1.82) is 0 Å². The van der Waals surface area contributed by atoms with Gasteiger partial charge < -0.3 is 4.74 Å². The van der Waals surface area contributed by atoms with Crippen LogP contribution in [-0.2, 0) is 0 Å². The van der Waals surface area contributed by atoms with E-state index in [4.69, 9.17) is 74.3 Å². The van der Waals surface area contributed by atoms with E-state index in [1.165, 1.54) is 0 Å². The van der Waals surface area contributed by atoms with Crippen LogP contribution in [0.2, 0.25) is 30.1 Å². The third kappa shape index (κ3) is 3.18. The van der Waals surface area contributed by atoms with Crippen LogP contribution in [0.25, 0.3) is 0 Å². The smallest absolute Gasteiger partial charge is 0.166 e. The molecular formula is C12H4Cl6O. The lowest BCUT2D eigenvalue weighted by molar-refractivity contribution is 0.484. The monoisotopic (exact) mass is 374 g/mol. The Morgan fingerprint density at radius 2 is 0.842 bits per heavy atom. The molecule has 100 valence electrons. The average molecular weight is 377 g/mol. The Kier molecular flexibility index (Phi) is 4.99. The summed E-state index contributed by atoms with van der Waals surface area (Å²) in [5, 5.41) is 1.50. The summed E-state index contributed by atoms with van der Waals surface area (Å²) in [6, 6.07) is 6.22. The molecule has 7 heteroatoms. The first-order chi connectivity index (χ1) is 8.91. The molecule has 0 saturated heterocycles. The fourth-order valence-electron chi connectivity index (χ4n) is 1.31. The van der Waals surface area contributed by atoms with E-state index >= 15 is 0 Å². The van der Waals surface area contributed by atoms with Crippen LogP contribution in [0.5, 0.6) is 11.5 Å². The number of benzene rings is 2. The number of hydrogen-bond acceptors (Lipinski definition) is 1. The highest BCUT2D eigenvalue weighted by atomic mass is 35.5. The average Bonchev–Trinajstić information content (AvgIpc) is 2.38. The summed E-state index contributed by atoms with van der Waals surface area (Å²) in [4.78, 5) is 0. The molecule has 0 fully saturated rings. The summed E-state index contributed by atoms with van der Waals surface area (Å²) in [6.07, 6.45) is 0. The molecule has 0 aromatic heterocycles. The minimum atomic E-state index is 0.168. The zero-order valence-electron chi connectivity index (χ0n) is 8.99. The number of rotatable bonds is 2. The lowest BCUT2D eigenvalue weighted by Gasteiger charge is -2.13. The van der Waals surface area contributed by atoms with E-state index in [0.29, 0.717) is 10.0 Å². The van der Waals surface area contributed by atoms with Crippen molar-refractivity contribution in [2.24, 2.45) is 0 Å². The first-order valence-corrected chi connectivity index (χ1v) is 7.13. The van der Waals surface area contributed by atoms with Crippen LogP contribution < -0.4 is 4.74 Å². The van der Waals surface area contributed by atoms with Gasteiger partial charge in [-0.1, -0.05) is 69.6 Å². The molecule has 2 aromatic carbocycles. The molecule has 0 radical (unpaired) electrons. The minimum absolute atomic E-state index is 0.168. The van der Waals surface area contributed by atoms with Gasteiger partial charge in [-0.3, -0.25) is 0 Å². The Morgan fingerprint density at radius 1 is 0.526 bits per heavy atom. The molecule has 0 bridgehead atoms. The molecule has 0 spiro atoms. The molecule has 0 aliphatic carbocycles. The highest BCUT2D eigenvalue weighted by Crippen LogP contribution is 2.45. The quantitative estimate of drug-likeness (QED) is 0.496. The minimum Gasteiger partial charge on any atom is -0.451 e. The zero-order chi connectivity index (χ0) is 14.2. The Labute approximate surface area is 139 Å². The summed E-state index contributed by atoms with van der Waals surface area (Å²) in [5.41, 5.74) is 0. The molecule has 0 N–H and O–H groups in total. The summed E-state index contributed by atoms with van der Waals surface area (Å²) in [6.45, 7) is 0. The third-order valence-corrected chi connectivity index (χ3v) is 4.38. The van der Waals surface area contributed by atoms with Crippen LogP contribution in [-0.4, -0.2) is 0 Å². The van der Waals surface area contributed by atoms with E-state index in [0.717, 1.165) is 0 Å². The molecule has 0 unspecified atom stereocenters. The lowest BCUT2D eigenvalue weighted by atomic mass is 10.3. The van der Waals surface area contributed by atoms with E-state index in [-0.39, 0.29) is 31.6 Å². The van der Waals surface area contributed by atoms with Crippen molar-refractivity contribution in [3.8, 4) is 11.5 Å². The maximum atomic E-state index is 6.03. The molecule has 2 rings (SSSR count). The maximum absolute atomic E-state index is 6.03. The second-order valence-corrected chi connectivity index (χ2v) is 5.83. The molecule has 2 aromatic rings. The van der Waals surface area contributed by atoms with E-state index in [9.17, 15) is 0 Å².